The standard InChI is InChI=1S/C27H25NO4S/c29-18-5-9-21-23(15-18)32-26(25-22-10-6-19(30)16-24(22)33-27(21)25)17-3-7-20(8-4-17)31-14-13-28-11-1-2-12-28/h3-10,15-16,26,29-30H,1-2,11-14H2/t26-/m0/s1. The highest BCUT2D eigenvalue weighted by Gasteiger charge is 2.31. The van der Waals surface area contributed by atoms with E-state index in [2.05, 4.69) is 17.0 Å². The monoisotopic (exact) mass is 459 g/mol. The Labute approximate surface area is 196 Å². The van der Waals surface area contributed by atoms with E-state index < -0.39 is 0 Å². The summed E-state index contributed by atoms with van der Waals surface area (Å²) < 4.78 is 13.4. The van der Waals surface area contributed by atoms with Crippen LogP contribution in [-0.4, -0.2) is 41.4 Å². The maximum Gasteiger partial charge on any atom is 0.151 e. The van der Waals surface area contributed by atoms with Crippen LogP contribution >= 0.6 is 11.3 Å². The maximum atomic E-state index is 10.0. The van der Waals surface area contributed by atoms with Gasteiger partial charge in [-0.15, -0.1) is 11.3 Å². The molecule has 1 atom stereocenters. The van der Waals surface area contributed by atoms with Gasteiger partial charge in [0.1, 0.15) is 29.6 Å². The number of likely N-dealkylation sites (tertiary alicyclic amines) is 1. The van der Waals surface area contributed by atoms with Gasteiger partial charge in [0, 0.05) is 38.7 Å². The molecule has 0 aliphatic carbocycles. The van der Waals surface area contributed by atoms with Gasteiger partial charge in [-0.25, -0.2) is 0 Å². The van der Waals surface area contributed by atoms with E-state index in [1.165, 1.54) is 25.9 Å². The number of aromatic hydroxyl groups is 2. The van der Waals surface area contributed by atoms with Crippen molar-refractivity contribution >= 4 is 21.4 Å². The van der Waals surface area contributed by atoms with Gasteiger partial charge in [-0.3, -0.25) is 4.90 Å². The summed E-state index contributed by atoms with van der Waals surface area (Å²) in [6.07, 6.45) is 2.26. The summed E-state index contributed by atoms with van der Waals surface area (Å²) in [4.78, 5) is 3.55. The lowest BCUT2D eigenvalue weighted by atomic mass is 9.93. The zero-order chi connectivity index (χ0) is 22.4. The molecule has 5 nitrogen and oxygen atoms in total. The van der Waals surface area contributed by atoms with E-state index in [4.69, 9.17) is 9.47 Å². The highest BCUT2D eigenvalue weighted by Crippen LogP contribution is 2.52. The smallest absolute Gasteiger partial charge is 0.151 e. The number of hydrogen-bond donors (Lipinski definition) is 2. The Kier molecular flexibility index (Phi) is 5.12. The molecule has 0 spiro atoms. The van der Waals surface area contributed by atoms with E-state index in [1.807, 2.05) is 24.3 Å². The second kappa shape index (κ2) is 8.28. The Morgan fingerprint density at radius 2 is 1.70 bits per heavy atom. The number of phenolic OH excluding ortho intramolecular Hbond substituents is 2. The average Bonchev–Trinajstić information content (AvgIpc) is 3.46. The summed E-state index contributed by atoms with van der Waals surface area (Å²) in [5.74, 6) is 1.94. The minimum Gasteiger partial charge on any atom is -0.508 e. The van der Waals surface area contributed by atoms with Gasteiger partial charge in [0.2, 0.25) is 0 Å². The molecule has 2 aliphatic heterocycles. The predicted molar refractivity (Wildman–Crippen MR) is 131 cm³/mol. The first-order chi connectivity index (χ1) is 16.2. The molecule has 1 saturated heterocycles. The number of rotatable bonds is 5. The molecule has 6 rings (SSSR count). The molecule has 2 aliphatic rings. The van der Waals surface area contributed by atoms with Crippen molar-refractivity contribution in [1.29, 1.82) is 0 Å². The fourth-order valence-electron chi connectivity index (χ4n) is 4.82. The first-order valence-corrected chi connectivity index (χ1v) is 12.2. The quantitative estimate of drug-likeness (QED) is 0.387. The average molecular weight is 460 g/mol. The molecule has 4 aromatic rings. The van der Waals surface area contributed by atoms with E-state index in [9.17, 15) is 10.2 Å². The molecule has 0 saturated carbocycles. The maximum absolute atomic E-state index is 10.0. The molecule has 3 heterocycles. The first-order valence-electron chi connectivity index (χ1n) is 11.4. The van der Waals surface area contributed by atoms with Gasteiger partial charge < -0.3 is 19.7 Å². The molecule has 0 amide bonds. The zero-order valence-corrected chi connectivity index (χ0v) is 19.0. The van der Waals surface area contributed by atoms with Gasteiger partial charge >= 0.3 is 0 Å². The molecule has 1 aromatic heterocycles. The van der Waals surface area contributed by atoms with E-state index in [-0.39, 0.29) is 17.6 Å². The van der Waals surface area contributed by atoms with Gasteiger partial charge in [-0.1, -0.05) is 12.1 Å². The van der Waals surface area contributed by atoms with Crippen LogP contribution in [-0.2, 0) is 0 Å². The summed E-state index contributed by atoms with van der Waals surface area (Å²) in [5, 5.41) is 21.1. The summed E-state index contributed by atoms with van der Waals surface area (Å²) in [6, 6.07) is 18.8. The van der Waals surface area contributed by atoms with Gasteiger partial charge in [-0.2, -0.15) is 0 Å². The second-order valence-electron chi connectivity index (χ2n) is 8.67. The molecular formula is C27H25NO4S. The number of ether oxygens (including phenoxy) is 2. The Balaban J connectivity index is 1.32. The van der Waals surface area contributed by atoms with E-state index in [0.29, 0.717) is 12.4 Å². The van der Waals surface area contributed by atoms with Gasteiger partial charge in [0.25, 0.3) is 0 Å². The van der Waals surface area contributed by atoms with E-state index in [0.717, 1.165) is 43.9 Å². The van der Waals surface area contributed by atoms with Gasteiger partial charge in [0.15, 0.2) is 6.10 Å². The van der Waals surface area contributed by atoms with Crippen molar-refractivity contribution in [2.45, 2.75) is 18.9 Å². The molecule has 168 valence electrons. The molecule has 2 N–H and O–H groups in total. The van der Waals surface area contributed by atoms with Crippen LogP contribution in [0, 0.1) is 0 Å². The number of hydrogen-bond acceptors (Lipinski definition) is 6. The van der Waals surface area contributed by atoms with E-state index >= 15 is 0 Å². The van der Waals surface area contributed by atoms with Crippen molar-refractivity contribution in [2.24, 2.45) is 0 Å². The van der Waals surface area contributed by atoms with Crippen molar-refractivity contribution in [3.8, 4) is 33.4 Å². The van der Waals surface area contributed by atoms with Crippen LogP contribution in [0.5, 0.6) is 23.0 Å². The van der Waals surface area contributed by atoms with Gasteiger partial charge in [-0.05, 0) is 74.0 Å². The third-order valence-corrected chi connectivity index (χ3v) is 7.69. The number of thiophene rings is 1. The summed E-state index contributed by atoms with van der Waals surface area (Å²) in [6.45, 7) is 4.00. The normalized spacial score (nSPS) is 17.5. The first kappa shape index (κ1) is 20.4. The minimum atomic E-state index is -0.314. The highest BCUT2D eigenvalue weighted by molar-refractivity contribution is 7.22. The molecule has 3 aromatic carbocycles. The number of benzene rings is 3. The Morgan fingerprint density at radius 3 is 2.52 bits per heavy atom. The van der Waals surface area contributed by atoms with Crippen LogP contribution in [0.15, 0.2) is 60.7 Å². The van der Waals surface area contributed by atoms with Crippen LogP contribution in [0.2, 0.25) is 0 Å². The molecule has 0 unspecified atom stereocenters. The number of fused-ring (bicyclic) bond motifs is 5. The minimum absolute atomic E-state index is 0.177. The topological polar surface area (TPSA) is 62.2 Å². The molecular weight excluding hydrogens is 434 g/mol. The summed E-state index contributed by atoms with van der Waals surface area (Å²) in [7, 11) is 0. The van der Waals surface area contributed by atoms with Crippen molar-refractivity contribution in [3.05, 3.63) is 71.8 Å². The van der Waals surface area contributed by atoms with Crippen LogP contribution in [0.1, 0.15) is 30.1 Å². The molecule has 0 radical (unpaired) electrons. The van der Waals surface area contributed by atoms with Gasteiger partial charge in [0.05, 0.1) is 0 Å². The van der Waals surface area contributed by atoms with Crippen LogP contribution in [0.25, 0.3) is 20.5 Å². The van der Waals surface area contributed by atoms with E-state index in [1.54, 1.807) is 35.6 Å². The Morgan fingerprint density at radius 1 is 0.939 bits per heavy atom. The fourth-order valence-corrected chi connectivity index (χ4v) is 6.11. The summed E-state index contributed by atoms with van der Waals surface area (Å²) in [5.41, 5.74) is 3.07. The van der Waals surface area contributed by atoms with Crippen molar-refractivity contribution in [1.82, 2.24) is 4.90 Å². The largest absolute Gasteiger partial charge is 0.508 e. The molecule has 0 bridgehead atoms. The van der Waals surface area contributed by atoms with Crippen molar-refractivity contribution in [3.63, 3.8) is 0 Å². The second-order valence-corrected chi connectivity index (χ2v) is 9.72. The lowest BCUT2D eigenvalue weighted by Crippen LogP contribution is -2.25. The van der Waals surface area contributed by atoms with Crippen molar-refractivity contribution in [2.75, 3.05) is 26.2 Å². The number of nitrogens with zero attached hydrogens (tertiary/aromatic N) is 1. The Bertz CT molecular complexity index is 1310. The predicted octanol–water partition coefficient (Wildman–Crippen LogP) is 5.94. The molecule has 33 heavy (non-hydrogen) atoms. The highest BCUT2D eigenvalue weighted by atomic mass is 32.1. The van der Waals surface area contributed by atoms with Crippen LogP contribution < -0.4 is 9.47 Å². The van der Waals surface area contributed by atoms with Crippen LogP contribution in [0.3, 0.4) is 0 Å². The molecule has 1 fully saturated rings. The van der Waals surface area contributed by atoms with Crippen molar-refractivity contribution < 1.29 is 19.7 Å². The third-order valence-electron chi connectivity index (χ3n) is 6.49. The lowest BCUT2D eigenvalue weighted by molar-refractivity contribution is 0.236. The lowest BCUT2D eigenvalue weighted by Gasteiger charge is -2.27. The fraction of sp³-hybridized carbons (Fsp3) is 0.259. The Hall–Kier alpha value is -3.22. The molecule has 6 heteroatoms. The zero-order valence-electron chi connectivity index (χ0n) is 18.2. The number of phenols is 2. The SMILES string of the molecule is Oc1ccc2c(c1)O[C@@H](c1ccc(OCCN3CCCC3)cc1)c1c-2sc2cc(O)ccc12. The third kappa shape index (κ3) is 3.79. The van der Waals surface area contributed by atoms with Crippen LogP contribution in [0.4, 0.5) is 0 Å². The summed E-state index contributed by atoms with van der Waals surface area (Å²) >= 11 is 1.64.